The third kappa shape index (κ3) is 3.68. The number of piperidine rings is 1. The van der Waals surface area contributed by atoms with Crippen molar-refractivity contribution in [3.8, 4) is 0 Å². The van der Waals surface area contributed by atoms with E-state index in [4.69, 9.17) is 0 Å². The molecule has 7 heteroatoms. The molecule has 2 N–H and O–H groups in total. The number of rotatable bonds is 3. The van der Waals surface area contributed by atoms with Crippen LogP contribution >= 0.6 is 12.4 Å². The van der Waals surface area contributed by atoms with Gasteiger partial charge in [-0.05, 0) is 32.4 Å². The summed E-state index contributed by atoms with van der Waals surface area (Å²) in [6, 6.07) is 4.71. The summed E-state index contributed by atoms with van der Waals surface area (Å²) in [6.07, 6.45) is 1.83. The Balaban J connectivity index is 0.00000200. The summed E-state index contributed by atoms with van der Waals surface area (Å²) < 4.78 is 0. The summed E-state index contributed by atoms with van der Waals surface area (Å²) in [6.45, 7) is 3.26. The van der Waals surface area contributed by atoms with E-state index in [1.165, 1.54) is 6.07 Å². The van der Waals surface area contributed by atoms with Crippen molar-refractivity contribution < 1.29 is 9.72 Å². The van der Waals surface area contributed by atoms with Crippen LogP contribution in [0.15, 0.2) is 18.2 Å². The molecule has 0 aliphatic carbocycles. The number of amides is 1. The van der Waals surface area contributed by atoms with Crippen molar-refractivity contribution in [1.29, 1.82) is 0 Å². The standard InChI is InChI=1S/C13H17N3O3.ClH/c1-9-11(5-2-6-12(9)16(18)19)15-13(17)10-4-3-7-14-8-10;/h2,5-6,10,14H,3-4,7-8H2,1H3,(H,15,17);1H. The fourth-order valence-electron chi connectivity index (χ4n) is 2.27. The Labute approximate surface area is 123 Å². The van der Waals surface area contributed by atoms with Crippen molar-refractivity contribution in [2.24, 2.45) is 5.92 Å². The van der Waals surface area contributed by atoms with Crippen molar-refractivity contribution in [1.82, 2.24) is 5.32 Å². The molecule has 1 aliphatic rings. The van der Waals surface area contributed by atoms with Crippen molar-refractivity contribution in [3.05, 3.63) is 33.9 Å². The number of nitro benzene ring substituents is 1. The maximum atomic E-state index is 12.1. The molecule has 0 saturated carbocycles. The van der Waals surface area contributed by atoms with Gasteiger partial charge in [-0.1, -0.05) is 6.07 Å². The van der Waals surface area contributed by atoms with Gasteiger partial charge in [-0.25, -0.2) is 0 Å². The maximum Gasteiger partial charge on any atom is 0.274 e. The highest BCUT2D eigenvalue weighted by Crippen LogP contribution is 2.25. The number of benzene rings is 1. The van der Waals surface area contributed by atoms with Gasteiger partial charge in [0.15, 0.2) is 0 Å². The molecule has 110 valence electrons. The lowest BCUT2D eigenvalue weighted by atomic mass is 9.98. The van der Waals surface area contributed by atoms with E-state index in [9.17, 15) is 14.9 Å². The molecule has 6 nitrogen and oxygen atoms in total. The highest BCUT2D eigenvalue weighted by Gasteiger charge is 2.22. The fraction of sp³-hybridized carbons (Fsp3) is 0.462. The van der Waals surface area contributed by atoms with Gasteiger partial charge in [-0.2, -0.15) is 0 Å². The Morgan fingerprint density at radius 2 is 2.25 bits per heavy atom. The van der Waals surface area contributed by atoms with Gasteiger partial charge in [0.05, 0.1) is 22.1 Å². The largest absolute Gasteiger partial charge is 0.325 e. The lowest BCUT2D eigenvalue weighted by Gasteiger charge is -2.22. The van der Waals surface area contributed by atoms with E-state index in [1.807, 2.05) is 0 Å². The van der Waals surface area contributed by atoms with Crippen molar-refractivity contribution in [2.45, 2.75) is 19.8 Å². The van der Waals surface area contributed by atoms with Gasteiger partial charge < -0.3 is 10.6 Å². The number of nitrogens with one attached hydrogen (secondary N) is 2. The molecular weight excluding hydrogens is 282 g/mol. The second-order valence-electron chi connectivity index (χ2n) is 4.74. The van der Waals surface area contributed by atoms with Gasteiger partial charge in [0.25, 0.3) is 5.69 Å². The van der Waals surface area contributed by atoms with Crippen LogP contribution in [0, 0.1) is 23.0 Å². The number of halogens is 1. The van der Waals surface area contributed by atoms with E-state index in [2.05, 4.69) is 10.6 Å². The van der Waals surface area contributed by atoms with E-state index in [-0.39, 0.29) is 29.9 Å². The Morgan fingerprint density at radius 1 is 1.50 bits per heavy atom. The van der Waals surface area contributed by atoms with E-state index >= 15 is 0 Å². The second kappa shape index (κ2) is 7.21. The second-order valence-corrected chi connectivity index (χ2v) is 4.74. The van der Waals surface area contributed by atoms with E-state index in [1.54, 1.807) is 19.1 Å². The molecule has 20 heavy (non-hydrogen) atoms. The van der Waals surface area contributed by atoms with Crippen LogP contribution in [-0.4, -0.2) is 23.9 Å². The Morgan fingerprint density at radius 3 is 2.85 bits per heavy atom. The molecule has 1 amide bonds. The summed E-state index contributed by atoms with van der Waals surface area (Å²) in [7, 11) is 0. The van der Waals surface area contributed by atoms with Crippen LogP contribution in [-0.2, 0) is 4.79 Å². The van der Waals surface area contributed by atoms with Crippen molar-refractivity contribution in [3.63, 3.8) is 0 Å². The zero-order valence-electron chi connectivity index (χ0n) is 11.2. The molecule has 1 heterocycles. The molecule has 0 spiro atoms. The number of carbonyl (C=O) groups excluding carboxylic acids is 1. The van der Waals surface area contributed by atoms with E-state index in [0.717, 1.165) is 19.4 Å². The minimum atomic E-state index is -0.437. The molecular formula is C13H18ClN3O3. The van der Waals surface area contributed by atoms with Crippen LogP contribution in [0.4, 0.5) is 11.4 Å². The van der Waals surface area contributed by atoms with Crippen LogP contribution in [0.1, 0.15) is 18.4 Å². The van der Waals surface area contributed by atoms with Crippen LogP contribution in [0.5, 0.6) is 0 Å². The highest BCUT2D eigenvalue weighted by molar-refractivity contribution is 5.94. The molecule has 0 radical (unpaired) electrons. The fourth-order valence-corrected chi connectivity index (χ4v) is 2.27. The molecule has 1 fully saturated rings. The molecule has 1 aromatic rings. The average Bonchev–Trinajstić information content (AvgIpc) is 2.41. The summed E-state index contributed by atoms with van der Waals surface area (Å²) >= 11 is 0. The Bertz CT molecular complexity index is 502. The smallest absolute Gasteiger partial charge is 0.274 e. The molecule has 0 bridgehead atoms. The average molecular weight is 300 g/mol. The minimum Gasteiger partial charge on any atom is -0.325 e. The van der Waals surface area contributed by atoms with Gasteiger partial charge in [-0.3, -0.25) is 14.9 Å². The van der Waals surface area contributed by atoms with E-state index in [0.29, 0.717) is 17.8 Å². The number of anilines is 1. The number of hydrogen-bond acceptors (Lipinski definition) is 4. The minimum absolute atomic E-state index is 0. The van der Waals surface area contributed by atoms with Crippen molar-refractivity contribution in [2.75, 3.05) is 18.4 Å². The molecule has 2 rings (SSSR count). The van der Waals surface area contributed by atoms with Gasteiger partial charge in [0, 0.05) is 12.6 Å². The van der Waals surface area contributed by atoms with Gasteiger partial charge in [-0.15, -0.1) is 12.4 Å². The SMILES string of the molecule is Cc1c(NC(=O)C2CCCNC2)cccc1[N+](=O)[O-].Cl. The molecule has 1 aliphatic heterocycles. The number of carbonyl (C=O) groups is 1. The van der Waals surface area contributed by atoms with Crippen LogP contribution in [0.25, 0.3) is 0 Å². The first-order valence-electron chi connectivity index (χ1n) is 6.35. The molecule has 1 saturated heterocycles. The predicted molar refractivity (Wildman–Crippen MR) is 79.3 cm³/mol. The predicted octanol–water partition coefficient (Wildman–Crippen LogP) is 2.26. The monoisotopic (exact) mass is 299 g/mol. The molecule has 1 unspecified atom stereocenters. The van der Waals surface area contributed by atoms with Crippen molar-refractivity contribution >= 4 is 29.7 Å². The summed E-state index contributed by atoms with van der Waals surface area (Å²) in [4.78, 5) is 22.5. The molecule has 1 aromatic carbocycles. The van der Waals surface area contributed by atoms with E-state index < -0.39 is 4.92 Å². The quantitative estimate of drug-likeness (QED) is 0.662. The number of hydrogen-bond donors (Lipinski definition) is 2. The molecule has 0 aromatic heterocycles. The first kappa shape index (κ1) is 16.4. The maximum absolute atomic E-state index is 12.1. The first-order chi connectivity index (χ1) is 9.09. The number of nitro groups is 1. The third-order valence-corrected chi connectivity index (χ3v) is 3.43. The first-order valence-corrected chi connectivity index (χ1v) is 6.35. The topological polar surface area (TPSA) is 84.3 Å². The Kier molecular flexibility index (Phi) is 5.91. The van der Waals surface area contributed by atoms with Crippen LogP contribution in [0.2, 0.25) is 0 Å². The lowest BCUT2D eigenvalue weighted by Crippen LogP contribution is -2.37. The summed E-state index contributed by atoms with van der Waals surface area (Å²) in [5.41, 5.74) is 1.04. The zero-order valence-corrected chi connectivity index (χ0v) is 12.0. The third-order valence-electron chi connectivity index (χ3n) is 3.43. The van der Waals surface area contributed by atoms with Gasteiger partial charge in [0.2, 0.25) is 5.91 Å². The normalized spacial score (nSPS) is 17.9. The lowest BCUT2D eigenvalue weighted by molar-refractivity contribution is -0.385. The van der Waals surface area contributed by atoms with Gasteiger partial charge in [0.1, 0.15) is 0 Å². The Hall–Kier alpha value is -1.66. The summed E-state index contributed by atoms with van der Waals surface area (Å²) in [5.74, 6) is -0.136. The van der Waals surface area contributed by atoms with Crippen LogP contribution < -0.4 is 10.6 Å². The zero-order chi connectivity index (χ0) is 13.8. The number of nitrogens with zero attached hydrogens (tertiary/aromatic N) is 1. The summed E-state index contributed by atoms with van der Waals surface area (Å²) in [5, 5.41) is 16.8. The highest BCUT2D eigenvalue weighted by atomic mass is 35.5. The van der Waals surface area contributed by atoms with Gasteiger partial charge >= 0.3 is 0 Å². The van der Waals surface area contributed by atoms with Crippen LogP contribution in [0.3, 0.4) is 0 Å². The molecule has 1 atom stereocenters.